The maximum atomic E-state index is 12.6. The molecule has 0 unspecified atom stereocenters. The number of carbonyl (C=O) groups excluding carboxylic acids is 1. The molecule has 1 amide bonds. The number of halogens is 1. The summed E-state index contributed by atoms with van der Waals surface area (Å²) in [5.74, 6) is 0.167. The monoisotopic (exact) mass is 342 g/mol. The number of pyridine rings is 1. The van der Waals surface area contributed by atoms with Crippen molar-refractivity contribution in [2.45, 2.75) is 13.5 Å². The number of nitrogens with zero attached hydrogens (tertiary/aromatic N) is 3. The predicted octanol–water partition coefficient (Wildman–Crippen LogP) is 2.63. The standard InChI is InChI=1S/C17H15ClN4O2/c1-2-22(17(24)12-7-5-9-19-15(12)18)10-14-20-13-8-4-3-6-11(13)16(23)21-14/h3-9H,2,10H2,1H3,(H,20,21,23). The minimum Gasteiger partial charge on any atom is -0.331 e. The molecule has 2 aromatic heterocycles. The van der Waals surface area contributed by atoms with Crippen molar-refractivity contribution in [1.82, 2.24) is 19.9 Å². The van der Waals surface area contributed by atoms with Gasteiger partial charge in [-0.05, 0) is 31.2 Å². The zero-order valence-corrected chi connectivity index (χ0v) is 13.7. The first-order chi connectivity index (χ1) is 11.6. The number of para-hydroxylation sites is 1. The molecule has 3 aromatic rings. The maximum absolute atomic E-state index is 12.6. The highest BCUT2D eigenvalue weighted by molar-refractivity contribution is 6.32. The topological polar surface area (TPSA) is 79.0 Å². The van der Waals surface area contributed by atoms with Gasteiger partial charge in [-0.15, -0.1) is 0 Å². The van der Waals surface area contributed by atoms with E-state index in [0.717, 1.165) is 0 Å². The summed E-state index contributed by atoms with van der Waals surface area (Å²) in [6, 6.07) is 10.4. The highest BCUT2D eigenvalue weighted by atomic mass is 35.5. The van der Waals surface area contributed by atoms with Crippen LogP contribution in [0, 0.1) is 0 Å². The van der Waals surface area contributed by atoms with E-state index in [1.807, 2.05) is 13.0 Å². The summed E-state index contributed by atoms with van der Waals surface area (Å²) in [5.41, 5.74) is 0.696. The lowest BCUT2D eigenvalue weighted by Gasteiger charge is -2.20. The Hall–Kier alpha value is -2.73. The van der Waals surface area contributed by atoms with Gasteiger partial charge in [-0.3, -0.25) is 9.59 Å². The average Bonchev–Trinajstić information content (AvgIpc) is 2.59. The van der Waals surface area contributed by atoms with Crippen LogP contribution in [0.25, 0.3) is 10.9 Å². The van der Waals surface area contributed by atoms with Crippen LogP contribution in [0.4, 0.5) is 0 Å². The fraction of sp³-hybridized carbons (Fsp3) is 0.176. The number of benzene rings is 1. The molecule has 6 nitrogen and oxygen atoms in total. The highest BCUT2D eigenvalue weighted by Gasteiger charge is 2.19. The van der Waals surface area contributed by atoms with Gasteiger partial charge in [0.2, 0.25) is 0 Å². The molecule has 0 radical (unpaired) electrons. The number of aromatic amines is 1. The summed E-state index contributed by atoms with van der Waals surface area (Å²) >= 11 is 5.99. The molecule has 1 N–H and O–H groups in total. The van der Waals surface area contributed by atoms with Crippen LogP contribution in [0.3, 0.4) is 0 Å². The number of rotatable bonds is 4. The number of aromatic nitrogens is 3. The molecule has 0 aliphatic rings. The third kappa shape index (κ3) is 3.14. The van der Waals surface area contributed by atoms with Gasteiger partial charge in [0.15, 0.2) is 0 Å². The molecule has 24 heavy (non-hydrogen) atoms. The van der Waals surface area contributed by atoms with Crippen LogP contribution in [0.15, 0.2) is 47.4 Å². The van der Waals surface area contributed by atoms with E-state index in [9.17, 15) is 9.59 Å². The van der Waals surface area contributed by atoms with E-state index in [1.54, 1.807) is 35.2 Å². The lowest BCUT2D eigenvalue weighted by Crippen LogP contribution is -2.32. The molecule has 0 atom stereocenters. The lowest BCUT2D eigenvalue weighted by molar-refractivity contribution is 0.0748. The van der Waals surface area contributed by atoms with Gasteiger partial charge in [0.25, 0.3) is 11.5 Å². The minimum atomic E-state index is -0.258. The Morgan fingerprint density at radius 2 is 2.04 bits per heavy atom. The van der Waals surface area contributed by atoms with Gasteiger partial charge in [-0.1, -0.05) is 23.7 Å². The Morgan fingerprint density at radius 3 is 2.79 bits per heavy atom. The SMILES string of the molecule is CCN(Cc1nc2ccccc2c(=O)[nH]1)C(=O)c1cccnc1Cl. The van der Waals surface area contributed by atoms with Gasteiger partial charge >= 0.3 is 0 Å². The molecule has 3 rings (SSSR count). The molecule has 0 saturated carbocycles. The van der Waals surface area contributed by atoms with Crippen LogP contribution in [-0.4, -0.2) is 32.3 Å². The number of carbonyl (C=O) groups is 1. The fourth-order valence-electron chi connectivity index (χ4n) is 2.43. The molecule has 0 fully saturated rings. The molecule has 0 saturated heterocycles. The van der Waals surface area contributed by atoms with Gasteiger partial charge < -0.3 is 9.88 Å². The van der Waals surface area contributed by atoms with Crippen LogP contribution in [0.1, 0.15) is 23.1 Å². The molecule has 0 aliphatic heterocycles. The Labute approximate surface area is 143 Å². The van der Waals surface area contributed by atoms with Crippen molar-refractivity contribution >= 4 is 28.4 Å². The molecule has 0 spiro atoms. The Kier molecular flexibility index (Phi) is 4.57. The zero-order chi connectivity index (χ0) is 17.1. The molecule has 1 aromatic carbocycles. The summed E-state index contributed by atoms with van der Waals surface area (Å²) < 4.78 is 0. The number of hydrogen-bond donors (Lipinski definition) is 1. The van der Waals surface area contributed by atoms with Crippen LogP contribution >= 0.6 is 11.6 Å². The largest absolute Gasteiger partial charge is 0.331 e. The van der Waals surface area contributed by atoms with Crippen LogP contribution in [-0.2, 0) is 6.54 Å². The number of H-pyrrole nitrogens is 1. The zero-order valence-electron chi connectivity index (χ0n) is 13.0. The van der Waals surface area contributed by atoms with Crippen molar-refractivity contribution in [1.29, 1.82) is 0 Å². The normalized spacial score (nSPS) is 10.8. The molecule has 2 heterocycles. The van der Waals surface area contributed by atoms with Crippen LogP contribution in [0.2, 0.25) is 5.15 Å². The highest BCUT2D eigenvalue weighted by Crippen LogP contribution is 2.15. The third-order valence-corrected chi connectivity index (χ3v) is 3.96. The van der Waals surface area contributed by atoms with Crippen molar-refractivity contribution in [3.63, 3.8) is 0 Å². The van der Waals surface area contributed by atoms with Crippen molar-refractivity contribution < 1.29 is 4.79 Å². The minimum absolute atomic E-state index is 0.154. The Morgan fingerprint density at radius 1 is 1.25 bits per heavy atom. The van der Waals surface area contributed by atoms with E-state index in [2.05, 4.69) is 15.0 Å². The summed E-state index contributed by atoms with van der Waals surface area (Å²) in [4.78, 5) is 37.4. The molecular weight excluding hydrogens is 328 g/mol. The second-order valence-electron chi connectivity index (χ2n) is 5.19. The first kappa shape index (κ1) is 16.1. The first-order valence-corrected chi connectivity index (χ1v) is 7.85. The molecule has 0 bridgehead atoms. The first-order valence-electron chi connectivity index (χ1n) is 7.48. The van der Waals surface area contributed by atoms with Crippen molar-refractivity contribution in [2.24, 2.45) is 0 Å². The smallest absolute Gasteiger partial charge is 0.258 e. The van der Waals surface area contributed by atoms with Crippen molar-refractivity contribution in [3.8, 4) is 0 Å². The van der Waals surface area contributed by atoms with Gasteiger partial charge in [0.1, 0.15) is 11.0 Å². The van der Waals surface area contributed by atoms with Gasteiger partial charge in [-0.2, -0.15) is 0 Å². The van der Waals surface area contributed by atoms with Crippen molar-refractivity contribution in [2.75, 3.05) is 6.54 Å². The second kappa shape index (κ2) is 6.80. The summed E-state index contributed by atoms with van der Waals surface area (Å²) in [7, 11) is 0. The molecule has 7 heteroatoms. The van der Waals surface area contributed by atoms with E-state index < -0.39 is 0 Å². The van der Waals surface area contributed by atoms with Crippen molar-refractivity contribution in [3.05, 3.63) is 69.5 Å². The van der Waals surface area contributed by atoms with Gasteiger partial charge in [0.05, 0.1) is 23.0 Å². The third-order valence-electron chi connectivity index (χ3n) is 3.66. The maximum Gasteiger partial charge on any atom is 0.258 e. The molecule has 0 aliphatic carbocycles. The van der Waals surface area contributed by atoms with E-state index in [4.69, 9.17) is 11.6 Å². The van der Waals surface area contributed by atoms with E-state index >= 15 is 0 Å². The number of hydrogen-bond acceptors (Lipinski definition) is 4. The fourth-order valence-corrected chi connectivity index (χ4v) is 2.63. The molecular formula is C17H15ClN4O2. The van der Waals surface area contributed by atoms with E-state index in [-0.39, 0.29) is 23.2 Å². The van der Waals surface area contributed by atoms with Crippen LogP contribution < -0.4 is 5.56 Å². The summed E-state index contributed by atoms with van der Waals surface area (Å²) in [6.07, 6.45) is 1.53. The van der Waals surface area contributed by atoms with Gasteiger partial charge in [-0.25, -0.2) is 9.97 Å². The lowest BCUT2D eigenvalue weighted by atomic mass is 10.2. The Bertz CT molecular complexity index is 954. The number of amides is 1. The quantitative estimate of drug-likeness (QED) is 0.739. The van der Waals surface area contributed by atoms with Crippen LogP contribution in [0.5, 0.6) is 0 Å². The molecule has 122 valence electrons. The predicted molar refractivity (Wildman–Crippen MR) is 92.0 cm³/mol. The summed E-state index contributed by atoms with van der Waals surface area (Å²) in [6.45, 7) is 2.47. The average molecular weight is 343 g/mol. The van der Waals surface area contributed by atoms with Gasteiger partial charge in [0, 0.05) is 12.7 Å². The van der Waals surface area contributed by atoms with E-state index in [0.29, 0.717) is 28.8 Å². The second-order valence-corrected chi connectivity index (χ2v) is 5.55. The Balaban J connectivity index is 1.92. The number of fused-ring (bicyclic) bond motifs is 1. The summed E-state index contributed by atoms with van der Waals surface area (Å²) in [5, 5.41) is 0.673. The number of nitrogens with one attached hydrogen (secondary N) is 1. The van der Waals surface area contributed by atoms with E-state index in [1.165, 1.54) is 6.20 Å².